The van der Waals surface area contributed by atoms with Crippen LogP contribution in [0, 0.1) is 25.2 Å². The van der Waals surface area contributed by atoms with Crippen molar-refractivity contribution >= 4 is 40.8 Å². The number of aromatic carboxylic acids is 1. The Balaban J connectivity index is 2.05. The summed E-state index contributed by atoms with van der Waals surface area (Å²) in [6, 6.07) is 15.9. The number of rotatable bonds is 4. The highest BCUT2D eigenvalue weighted by molar-refractivity contribution is 6.42. The van der Waals surface area contributed by atoms with E-state index in [-0.39, 0.29) is 5.56 Å². The van der Waals surface area contributed by atoms with E-state index in [4.69, 9.17) is 28.3 Å². The molecule has 0 radical (unpaired) electrons. The molecule has 0 aliphatic heterocycles. The highest BCUT2D eigenvalue weighted by Crippen LogP contribution is 2.29. The Morgan fingerprint density at radius 1 is 1.04 bits per heavy atom. The van der Waals surface area contributed by atoms with Crippen molar-refractivity contribution in [3.63, 3.8) is 0 Å². The second kappa shape index (κ2) is 7.93. The smallest absolute Gasteiger partial charge is 0.335 e. The molecule has 0 aliphatic rings. The van der Waals surface area contributed by atoms with E-state index in [2.05, 4.69) is 6.07 Å². The van der Waals surface area contributed by atoms with E-state index in [0.717, 1.165) is 22.6 Å². The zero-order chi connectivity index (χ0) is 20.4. The number of hydrogen-bond donors (Lipinski definition) is 1. The van der Waals surface area contributed by atoms with E-state index < -0.39 is 5.97 Å². The zero-order valence-corrected chi connectivity index (χ0v) is 16.7. The minimum absolute atomic E-state index is 0.179. The minimum Gasteiger partial charge on any atom is -0.478 e. The molecule has 0 fully saturated rings. The van der Waals surface area contributed by atoms with Gasteiger partial charge in [-0.1, -0.05) is 35.3 Å². The number of carboxylic acids is 1. The van der Waals surface area contributed by atoms with Crippen LogP contribution in [-0.2, 0) is 0 Å². The molecule has 4 nitrogen and oxygen atoms in total. The van der Waals surface area contributed by atoms with Crippen LogP contribution < -0.4 is 0 Å². The first-order chi connectivity index (χ1) is 13.3. The van der Waals surface area contributed by atoms with Gasteiger partial charge in [0.05, 0.1) is 27.3 Å². The van der Waals surface area contributed by atoms with Crippen LogP contribution in [0.5, 0.6) is 0 Å². The summed E-state index contributed by atoms with van der Waals surface area (Å²) >= 11 is 12.2. The fourth-order valence-electron chi connectivity index (χ4n) is 3.08. The maximum absolute atomic E-state index is 11.0. The number of hydrogen-bond acceptors (Lipinski definition) is 2. The second-order valence-electron chi connectivity index (χ2n) is 6.31. The summed E-state index contributed by atoms with van der Waals surface area (Å²) in [5.74, 6) is -1.00. The summed E-state index contributed by atoms with van der Waals surface area (Å²) in [6.45, 7) is 3.93. The predicted molar refractivity (Wildman–Crippen MR) is 112 cm³/mol. The molecule has 140 valence electrons. The van der Waals surface area contributed by atoms with Gasteiger partial charge in [-0.25, -0.2) is 4.79 Å². The molecule has 0 atom stereocenters. The molecule has 3 aromatic rings. The number of nitrogens with zero attached hydrogens (tertiary/aromatic N) is 2. The Labute approximate surface area is 172 Å². The maximum Gasteiger partial charge on any atom is 0.335 e. The molecule has 0 aliphatic carbocycles. The van der Waals surface area contributed by atoms with Gasteiger partial charge in [0.1, 0.15) is 0 Å². The van der Waals surface area contributed by atoms with Crippen molar-refractivity contribution in [2.75, 3.05) is 0 Å². The van der Waals surface area contributed by atoms with Gasteiger partial charge in [-0.3, -0.25) is 0 Å². The minimum atomic E-state index is -1.00. The zero-order valence-electron chi connectivity index (χ0n) is 15.2. The number of aromatic nitrogens is 1. The Morgan fingerprint density at radius 3 is 2.25 bits per heavy atom. The third kappa shape index (κ3) is 3.82. The largest absolute Gasteiger partial charge is 0.478 e. The monoisotopic (exact) mass is 410 g/mol. The maximum atomic E-state index is 11.0. The van der Waals surface area contributed by atoms with Gasteiger partial charge in [-0.2, -0.15) is 5.26 Å². The molecule has 1 aromatic heterocycles. The first kappa shape index (κ1) is 19.8. The van der Waals surface area contributed by atoms with E-state index >= 15 is 0 Å². The molecule has 3 rings (SSSR count). The van der Waals surface area contributed by atoms with Gasteiger partial charge in [-0.05, 0) is 67.4 Å². The van der Waals surface area contributed by atoms with Crippen LogP contribution in [0.4, 0.5) is 0 Å². The molecule has 1 heterocycles. The van der Waals surface area contributed by atoms with E-state index in [1.54, 1.807) is 30.3 Å². The lowest BCUT2D eigenvalue weighted by atomic mass is 10.0. The van der Waals surface area contributed by atoms with E-state index in [1.165, 1.54) is 12.1 Å². The lowest BCUT2D eigenvalue weighted by Crippen LogP contribution is -1.99. The average molecular weight is 411 g/mol. The van der Waals surface area contributed by atoms with Crippen molar-refractivity contribution < 1.29 is 9.90 Å². The number of aryl methyl sites for hydroxylation is 1. The molecule has 2 aromatic carbocycles. The highest BCUT2D eigenvalue weighted by atomic mass is 35.5. The van der Waals surface area contributed by atoms with E-state index in [9.17, 15) is 10.1 Å². The molecule has 6 heteroatoms. The predicted octanol–water partition coefficient (Wildman–Crippen LogP) is 6.16. The lowest BCUT2D eigenvalue weighted by molar-refractivity contribution is 0.0697. The molecular weight excluding hydrogens is 395 g/mol. The SMILES string of the molecule is Cc1cc(/C=C(\C#N)c2ccc(C(=O)O)cc2)c(C)n1-c1ccc(Cl)c(Cl)c1. The topological polar surface area (TPSA) is 66.0 Å². The molecular formula is C22H16Cl2N2O2. The van der Waals surface area contributed by atoms with Crippen LogP contribution in [0.2, 0.25) is 10.0 Å². The summed E-state index contributed by atoms with van der Waals surface area (Å²) in [7, 11) is 0. The highest BCUT2D eigenvalue weighted by Gasteiger charge is 2.12. The van der Waals surface area contributed by atoms with Crippen molar-refractivity contribution in [3.8, 4) is 11.8 Å². The van der Waals surface area contributed by atoms with Gasteiger partial charge in [0.25, 0.3) is 0 Å². The number of carboxylic acid groups (broad SMARTS) is 1. The van der Waals surface area contributed by atoms with Crippen molar-refractivity contribution in [3.05, 3.63) is 86.7 Å². The molecule has 0 amide bonds. The second-order valence-corrected chi connectivity index (χ2v) is 7.13. The van der Waals surface area contributed by atoms with Gasteiger partial charge in [0, 0.05) is 17.1 Å². The molecule has 0 saturated carbocycles. The number of benzene rings is 2. The first-order valence-corrected chi connectivity index (χ1v) is 9.17. The van der Waals surface area contributed by atoms with Crippen molar-refractivity contribution in [2.45, 2.75) is 13.8 Å². The van der Waals surface area contributed by atoms with Crippen molar-refractivity contribution in [1.29, 1.82) is 5.26 Å². The number of carbonyl (C=O) groups is 1. The normalized spacial score (nSPS) is 11.3. The standard InChI is InChI=1S/C22H16Cl2N2O2/c1-13-9-17(14(2)26(13)19-7-8-20(23)21(24)11-19)10-18(12-25)15-3-5-16(6-4-15)22(27)28/h3-11H,1-2H3,(H,27,28)/b18-10+. The summed E-state index contributed by atoms with van der Waals surface area (Å²) < 4.78 is 2.04. The quantitative estimate of drug-likeness (QED) is 0.523. The Morgan fingerprint density at radius 2 is 1.68 bits per heavy atom. The molecule has 28 heavy (non-hydrogen) atoms. The van der Waals surface area contributed by atoms with Gasteiger partial charge in [0.2, 0.25) is 0 Å². The molecule has 1 N–H and O–H groups in total. The fraction of sp³-hybridized carbons (Fsp3) is 0.0909. The Bertz CT molecular complexity index is 1140. The van der Waals surface area contributed by atoms with Crippen LogP contribution in [0.15, 0.2) is 48.5 Å². The van der Waals surface area contributed by atoms with Crippen LogP contribution >= 0.6 is 23.2 Å². The average Bonchev–Trinajstić information content (AvgIpc) is 2.95. The fourth-order valence-corrected chi connectivity index (χ4v) is 3.38. The molecule has 0 spiro atoms. The molecule has 0 unspecified atom stereocenters. The van der Waals surface area contributed by atoms with Crippen molar-refractivity contribution in [2.24, 2.45) is 0 Å². The summed E-state index contributed by atoms with van der Waals surface area (Å²) in [5.41, 5.74) is 5.00. The van der Waals surface area contributed by atoms with Gasteiger partial charge < -0.3 is 9.67 Å². The van der Waals surface area contributed by atoms with Gasteiger partial charge in [0.15, 0.2) is 0 Å². The van der Waals surface area contributed by atoms with Gasteiger partial charge >= 0.3 is 5.97 Å². The van der Waals surface area contributed by atoms with Crippen molar-refractivity contribution in [1.82, 2.24) is 4.57 Å². The van der Waals surface area contributed by atoms with Gasteiger partial charge in [-0.15, -0.1) is 0 Å². The third-order valence-corrected chi connectivity index (χ3v) is 5.23. The third-order valence-electron chi connectivity index (χ3n) is 4.49. The number of nitriles is 1. The Hall–Kier alpha value is -3.00. The summed E-state index contributed by atoms with van der Waals surface area (Å²) in [6.07, 6.45) is 1.80. The Kier molecular flexibility index (Phi) is 5.60. The molecule has 0 saturated heterocycles. The first-order valence-electron chi connectivity index (χ1n) is 8.41. The van der Waals surface area contributed by atoms with E-state index in [0.29, 0.717) is 21.2 Å². The molecule has 0 bridgehead atoms. The van der Waals surface area contributed by atoms with Crippen LogP contribution in [0.25, 0.3) is 17.3 Å². The van der Waals surface area contributed by atoms with Crippen LogP contribution in [0.3, 0.4) is 0 Å². The lowest BCUT2D eigenvalue weighted by Gasteiger charge is -2.10. The van der Waals surface area contributed by atoms with Crippen LogP contribution in [0.1, 0.15) is 32.9 Å². The van der Waals surface area contributed by atoms with E-state index in [1.807, 2.05) is 30.5 Å². The number of halogens is 2. The number of allylic oxidation sites excluding steroid dienone is 1. The summed E-state index contributed by atoms with van der Waals surface area (Å²) in [4.78, 5) is 11.0. The van der Waals surface area contributed by atoms with Crippen LogP contribution in [-0.4, -0.2) is 15.6 Å². The summed E-state index contributed by atoms with van der Waals surface area (Å²) in [5, 5.41) is 19.6.